The zero-order valence-corrected chi connectivity index (χ0v) is 15.9. The van der Waals surface area contributed by atoms with Gasteiger partial charge in [0.05, 0.1) is 6.04 Å². The molecule has 1 saturated carbocycles. The van der Waals surface area contributed by atoms with Gasteiger partial charge in [-0.3, -0.25) is 9.48 Å². The van der Waals surface area contributed by atoms with Crippen LogP contribution in [0.1, 0.15) is 53.0 Å². The fourth-order valence-electron chi connectivity index (χ4n) is 3.45. The zero-order chi connectivity index (χ0) is 19.6. The predicted octanol–water partition coefficient (Wildman–Crippen LogP) is 3.86. The van der Waals surface area contributed by atoms with Crippen molar-refractivity contribution in [1.29, 1.82) is 0 Å². The van der Waals surface area contributed by atoms with Gasteiger partial charge in [0.25, 0.3) is 5.91 Å². The van der Waals surface area contributed by atoms with Gasteiger partial charge < -0.3 is 9.73 Å². The average Bonchev–Trinajstić information content (AvgIpc) is 3.30. The maximum Gasteiger partial charge on any atom is 0.251 e. The summed E-state index contributed by atoms with van der Waals surface area (Å²) in [5.41, 5.74) is 3.09. The maximum absolute atomic E-state index is 13.0. The molecule has 1 fully saturated rings. The van der Waals surface area contributed by atoms with Crippen LogP contribution >= 0.6 is 0 Å². The molecule has 2 aromatic heterocycles. The van der Waals surface area contributed by atoms with Crippen LogP contribution in [0.15, 0.2) is 65.6 Å². The Balaban J connectivity index is 1.35. The number of carbonyl (C=O) groups is 1. The Kier molecular flexibility index (Phi) is 4.56. The molecule has 0 spiro atoms. The number of benzene rings is 2. The number of oxazole rings is 1. The van der Waals surface area contributed by atoms with Gasteiger partial charge in [0, 0.05) is 18.0 Å². The molecule has 1 aliphatic carbocycles. The van der Waals surface area contributed by atoms with E-state index in [4.69, 9.17) is 4.42 Å². The molecule has 7 heteroatoms. The third-order valence-corrected chi connectivity index (χ3v) is 5.21. The number of amides is 1. The highest BCUT2D eigenvalue weighted by molar-refractivity contribution is 5.97. The van der Waals surface area contributed by atoms with Crippen LogP contribution in [0.4, 0.5) is 0 Å². The highest BCUT2D eigenvalue weighted by Crippen LogP contribution is 2.40. The van der Waals surface area contributed by atoms with E-state index in [1.807, 2.05) is 36.4 Å². The molecule has 146 valence electrons. The Bertz CT molecular complexity index is 1120. The molecule has 1 N–H and O–H groups in total. The monoisotopic (exact) mass is 387 g/mol. The summed E-state index contributed by atoms with van der Waals surface area (Å²) in [4.78, 5) is 21.5. The third kappa shape index (κ3) is 3.89. The molecule has 2 heterocycles. The number of fused-ring (bicyclic) bond motifs is 1. The normalized spacial score (nSPS) is 14.8. The molecule has 5 rings (SSSR count). The van der Waals surface area contributed by atoms with Gasteiger partial charge in [0.1, 0.15) is 18.2 Å². The summed E-state index contributed by atoms with van der Waals surface area (Å²) in [6.45, 7) is 0.658. The van der Waals surface area contributed by atoms with Gasteiger partial charge in [-0.05, 0) is 43.0 Å². The molecule has 1 aliphatic rings. The molecule has 7 nitrogen and oxygen atoms in total. The lowest BCUT2D eigenvalue weighted by Gasteiger charge is -2.19. The minimum absolute atomic E-state index is 0.135. The first-order valence-corrected chi connectivity index (χ1v) is 9.85. The fraction of sp³-hybridized carbons (Fsp3) is 0.273. The van der Waals surface area contributed by atoms with E-state index in [0.29, 0.717) is 30.0 Å². The minimum atomic E-state index is -0.139. The smallest absolute Gasteiger partial charge is 0.251 e. The first kappa shape index (κ1) is 17.6. The van der Waals surface area contributed by atoms with Crippen LogP contribution in [0.5, 0.6) is 0 Å². The zero-order valence-electron chi connectivity index (χ0n) is 15.9. The molecule has 1 amide bonds. The molecule has 0 saturated heterocycles. The molecular formula is C22H21N5O2. The molecular weight excluding hydrogens is 366 g/mol. The lowest BCUT2D eigenvalue weighted by Crippen LogP contribution is -2.29. The lowest BCUT2D eigenvalue weighted by atomic mass is 10.0. The molecule has 0 bridgehead atoms. The van der Waals surface area contributed by atoms with Crippen LogP contribution in [0.3, 0.4) is 0 Å². The number of carbonyl (C=O) groups excluding carboxylic acids is 1. The van der Waals surface area contributed by atoms with E-state index in [1.54, 1.807) is 23.1 Å². The van der Waals surface area contributed by atoms with Crippen LogP contribution in [-0.2, 0) is 6.54 Å². The van der Waals surface area contributed by atoms with E-state index in [0.717, 1.165) is 29.8 Å². The summed E-state index contributed by atoms with van der Waals surface area (Å²) in [6, 6.07) is 15.3. The quantitative estimate of drug-likeness (QED) is 0.520. The molecule has 1 atom stereocenters. The van der Waals surface area contributed by atoms with Crippen molar-refractivity contribution in [1.82, 2.24) is 25.1 Å². The first-order valence-electron chi connectivity index (χ1n) is 9.85. The number of aryl methyl sites for hydroxylation is 1. The van der Waals surface area contributed by atoms with Crippen molar-refractivity contribution in [3.8, 4) is 0 Å². The first-order chi connectivity index (χ1) is 14.3. The Labute approximate surface area is 167 Å². The second-order valence-electron chi connectivity index (χ2n) is 7.39. The van der Waals surface area contributed by atoms with E-state index in [9.17, 15) is 4.79 Å². The number of nitrogens with zero attached hydrogens (tertiary/aromatic N) is 4. The molecule has 4 aromatic rings. The number of hydrogen-bond acceptors (Lipinski definition) is 5. The average molecular weight is 387 g/mol. The third-order valence-electron chi connectivity index (χ3n) is 5.21. The molecule has 29 heavy (non-hydrogen) atoms. The molecule has 1 unspecified atom stereocenters. The molecule has 2 aromatic carbocycles. The van der Waals surface area contributed by atoms with Gasteiger partial charge in [0.2, 0.25) is 0 Å². The fourth-order valence-corrected chi connectivity index (χ4v) is 3.45. The summed E-state index contributed by atoms with van der Waals surface area (Å²) in [5.74, 6) is 1.09. The Morgan fingerprint density at radius 2 is 2.07 bits per heavy atom. The minimum Gasteiger partial charge on any atom is -0.440 e. The van der Waals surface area contributed by atoms with Crippen molar-refractivity contribution in [2.24, 2.45) is 0 Å². The van der Waals surface area contributed by atoms with Crippen LogP contribution in [0, 0.1) is 0 Å². The van der Waals surface area contributed by atoms with Gasteiger partial charge in [0.15, 0.2) is 11.5 Å². The van der Waals surface area contributed by atoms with E-state index >= 15 is 0 Å². The van der Waals surface area contributed by atoms with Crippen LogP contribution < -0.4 is 5.32 Å². The topological polar surface area (TPSA) is 85.8 Å². The number of hydrogen-bond donors (Lipinski definition) is 1. The van der Waals surface area contributed by atoms with Crippen LogP contribution in [0.2, 0.25) is 0 Å². The second kappa shape index (κ2) is 7.50. The largest absolute Gasteiger partial charge is 0.440 e. The van der Waals surface area contributed by atoms with Crippen molar-refractivity contribution in [3.05, 3.63) is 78.2 Å². The van der Waals surface area contributed by atoms with Gasteiger partial charge in [-0.25, -0.2) is 9.97 Å². The number of nitrogens with one attached hydrogen (secondary N) is 1. The standard InChI is InChI=1S/C22H21N5O2/c28-21(17-8-9-19-20(12-17)29-22(26-19)16-6-7-16)25-18(15-4-2-1-3-5-15)10-11-27-14-23-13-24-27/h1-5,8-9,12-14,16,18H,6-7,10-11H2,(H,25,28). The van der Waals surface area contributed by atoms with Crippen molar-refractivity contribution < 1.29 is 9.21 Å². The predicted molar refractivity (Wildman–Crippen MR) is 107 cm³/mol. The second-order valence-corrected chi connectivity index (χ2v) is 7.39. The summed E-state index contributed by atoms with van der Waals surface area (Å²) >= 11 is 0. The highest BCUT2D eigenvalue weighted by atomic mass is 16.3. The van der Waals surface area contributed by atoms with Gasteiger partial charge in [-0.1, -0.05) is 30.3 Å². The Morgan fingerprint density at radius 3 is 2.83 bits per heavy atom. The Morgan fingerprint density at radius 1 is 1.21 bits per heavy atom. The Hall–Kier alpha value is -3.48. The lowest BCUT2D eigenvalue weighted by molar-refractivity contribution is 0.0933. The van der Waals surface area contributed by atoms with E-state index < -0.39 is 0 Å². The summed E-state index contributed by atoms with van der Waals surface area (Å²) < 4.78 is 7.63. The summed E-state index contributed by atoms with van der Waals surface area (Å²) in [6.07, 6.45) is 6.16. The van der Waals surface area contributed by atoms with Crippen molar-refractivity contribution in [2.45, 2.75) is 37.8 Å². The van der Waals surface area contributed by atoms with Gasteiger partial charge in [-0.2, -0.15) is 5.10 Å². The van der Waals surface area contributed by atoms with Crippen molar-refractivity contribution >= 4 is 17.0 Å². The molecule has 0 radical (unpaired) electrons. The van der Waals surface area contributed by atoms with E-state index in [2.05, 4.69) is 20.4 Å². The highest BCUT2D eigenvalue weighted by Gasteiger charge is 2.29. The summed E-state index contributed by atoms with van der Waals surface area (Å²) in [5, 5.41) is 7.30. The van der Waals surface area contributed by atoms with E-state index in [-0.39, 0.29) is 11.9 Å². The van der Waals surface area contributed by atoms with Crippen molar-refractivity contribution in [3.63, 3.8) is 0 Å². The summed E-state index contributed by atoms with van der Waals surface area (Å²) in [7, 11) is 0. The van der Waals surface area contributed by atoms with Crippen LogP contribution in [0.25, 0.3) is 11.1 Å². The molecule has 0 aliphatic heterocycles. The SMILES string of the molecule is O=C(NC(CCn1cncn1)c1ccccc1)c1ccc2nc(C3CC3)oc2c1. The number of rotatable bonds is 7. The van der Waals surface area contributed by atoms with E-state index in [1.165, 1.54) is 6.33 Å². The van der Waals surface area contributed by atoms with Gasteiger partial charge >= 0.3 is 0 Å². The maximum atomic E-state index is 13.0. The van der Waals surface area contributed by atoms with Crippen LogP contribution in [-0.4, -0.2) is 25.7 Å². The number of aromatic nitrogens is 4. The van der Waals surface area contributed by atoms with Crippen molar-refractivity contribution in [2.75, 3.05) is 0 Å². The van der Waals surface area contributed by atoms with Gasteiger partial charge in [-0.15, -0.1) is 0 Å².